The van der Waals surface area contributed by atoms with Crippen LogP contribution in [0.2, 0.25) is 47.2 Å². The van der Waals surface area contributed by atoms with Crippen LogP contribution in [0.4, 0.5) is 0 Å². The summed E-state index contributed by atoms with van der Waals surface area (Å²) in [5, 5.41) is 9.71. The molecule has 16 fully saturated rings. The van der Waals surface area contributed by atoms with Crippen LogP contribution in [0.3, 0.4) is 0 Å². The molecule has 0 amide bonds. The quantitative estimate of drug-likeness (QED) is 0.233. The molecule has 12 saturated heterocycles. The number of piperidine rings is 2. The van der Waals surface area contributed by atoms with E-state index in [-0.39, 0.29) is 0 Å². The van der Waals surface area contributed by atoms with Gasteiger partial charge < -0.3 is 0 Å². The van der Waals surface area contributed by atoms with E-state index in [0.29, 0.717) is 21.1 Å². The Labute approximate surface area is 243 Å². The van der Waals surface area contributed by atoms with E-state index >= 15 is 0 Å². The van der Waals surface area contributed by atoms with Crippen LogP contribution in [-0.4, -0.2) is 35.5 Å². The van der Waals surface area contributed by atoms with Gasteiger partial charge in [-0.05, 0) is 0 Å². The van der Waals surface area contributed by atoms with Crippen LogP contribution in [0.5, 0.6) is 0 Å². The molecule has 2 nitrogen and oxygen atoms in total. The van der Waals surface area contributed by atoms with Gasteiger partial charge in [-0.25, -0.2) is 0 Å². The maximum atomic E-state index is 4.39. The zero-order valence-corrected chi connectivity index (χ0v) is 29.3. The van der Waals surface area contributed by atoms with E-state index in [1.165, 1.54) is 90.1 Å². The van der Waals surface area contributed by atoms with Crippen molar-refractivity contribution in [1.29, 1.82) is 0 Å². The summed E-state index contributed by atoms with van der Waals surface area (Å²) in [6, 6.07) is 1.53. The summed E-state index contributed by atoms with van der Waals surface area (Å²) in [4.78, 5) is 10.9. The van der Waals surface area contributed by atoms with Crippen LogP contribution >= 0.6 is 18.5 Å². The van der Waals surface area contributed by atoms with Crippen LogP contribution in [0.1, 0.15) is 97.8 Å². The molecule has 228 valence electrons. The van der Waals surface area contributed by atoms with Crippen molar-refractivity contribution in [2.24, 2.45) is 28.6 Å². The number of hydrogen-bond donors (Lipinski definition) is 2. The molecule has 0 aromatic carbocycles. The van der Waals surface area contributed by atoms with Crippen molar-refractivity contribution in [3.63, 3.8) is 0 Å². The molecule has 10 atom stereocenters. The molecule has 12 heterocycles. The first-order chi connectivity index (χ1) is 19.4. The minimum atomic E-state index is -3.92. The Hall–Kier alpha value is 1.30. The molecule has 12 aliphatic heterocycles. The number of hydrogen-bond acceptors (Lipinski definition) is 2. The Morgan fingerprint density at radius 3 is 1.46 bits per heavy atom. The molecule has 4 saturated carbocycles. The zero-order chi connectivity index (χ0) is 27.1. The van der Waals surface area contributed by atoms with Crippen LogP contribution < -0.4 is 10.6 Å². The average Bonchev–Trinajstić information content (AvgIpc) is 3.90. The second kappa shape index (κ2) is 3.56. The van der Waals surface area contributed by atoms with Crippen LogP contribution in [0.25, 0.3) is 0 Å². The third kappa shape index (κ3) is 0.626. The Bertz CT molecular complexity index is 1710. The Kier molecular flexibility index (Phi) is 1.98. The molecule has 16 aliphatic rings. The molecule has 0 radical (unpaired) electrons. The van der Waals surface area contributed by atoms with E-state index < -0.39 is 6.51 Å². The predicted octanol–water partition coefficient (Wildman–Crippen LogP) is 8.89. The second-order valence-corrected chi connectivity index (χ2v) is 48.0. The second-order valence-electron chi connectivity index (χ2n) is 22.9. The van der Waals surface area contributed by atoms with E-state index in [1.54, 1.807) is 38.5 Å². The number of fused-ring (bicyclic) bond motifs is 10. The summed E-state index contributed by atoms with van der Waals surface area (Å²) in [6.07, 6.45) is 18.5. The Morgan fingerprint density at radius 2 is 1.10 bits per heavy atom. The van der Waals surface area contributed by atoms with E-state index in [0.717, 1.165) is 38.5 Å². The van der Waals surface area contributed by atoms with Crippen molar-refractivity contribution >= 4 is 18.5 Å². The molecule has 4 bridgehead atoms. The molecule has 10 unspecified atom stereocenters. The summed E-state index contributed by atoms with van der Waals surface area (Å²) in [6.45, 7) is 7.13. The van der Waals surface area contributed by atoms with Crippen LogP contribution in [0.15, 0.2) is 0 Å². The Morgan fingerprint density at radius 1 is 0.634 bits per heavy atom. The maximum absolute atomic E-state index is 4.39. The molecule has 16 rings (SSSR count). The van der Waals surface area contributed by atoms with Gasteiger partial charge in [0.2, 0.25) is 0 Å². The van der Waals surface area contributed by atoms with Gasteiger partial charge in [-0.1, -0.05) is 0 Å². The van der Waals surface area contributed by atoms with E-state index in [2.05, 4.69) is 49.9 Å². The first kappa shape index (κ1) is 22.8. The van der Waals surface area contributed by atoms with Crippen molar-refractivity contribution in [3.8, 4) is 0 Å². The van der Waals surface area contributed by atoms with Crippen molar-refractivity contribution in [1.82, 2.24) is 10.6 Å². The standard InChI is InChI=1S/C31H51N2P2.C5H5.Fe/c1-28(2,3)31(35,29-18-21-15-22(19-29)17-23(16-21)20-29)25-10-8-9-24(25)30(34,26-11-4-6-13-32-26)27-12-5-7-14-33-27;1-2-4-5-3-1;/h8-10,21-23,26-27,32-33H,4-7,11-20,34-35H2,1-3H3;1-5H;. The fourth-order valence-corrected chi connectivity index (χ4v) is 114. The van der Waals surface area contributed by atoms with Gasteiger partial charge in [-0.15, -0.1) is 0 Å². The minimum absolute atomic E-state index is 0.403. The van der Waals surface area contributed by atoms with Crippen molar-refractivity contribution < 1.29 is 6.51 Å². The molecule has 2 N–H and O–H groups in total. The first-order valence-electron chi connectivity index (χ1n) is 18.6. The van der Waals surface area contributed by atoms with Crippen LogP contribution in [0, 0.1) is 28.6 Å². The fraction of sp³-hybridized carbons (Fsp3) is 1.00. The van der Waals surface area contributed by atoms with Gasteiger partial charge in [-0.3, -0.25) is 0 Å². The monoisotopic (exact) mass is 634 g/mol. The van der Waals surface area contributed by atoms with Crippen molar-refractivity contribution in [3.05, 3.63) is 0 Å². The third-order valence-corrected chi connectivity index (χ3v) is 72.7. The van der Waals surface area contributed by atoms with E-state index in [1.807, 2.05) is 0 Å². The summed E-state index contributed by atoms with van der Waals surface area (Å²) < 4.78 is 1.64. The molecule has 5 heteroatoms. The fourth-order valence-electron chi connectivity index (χ4n) is 28.5. The van der Waals surface area contributed by atoms with Gasteiger partial charge in [0, 0.05) is 0 Å². The molecule has 0 aromatic rings. The third-order valence-electron chi connectivity index (χ3n) is 25.9. The van der Waals surface area contributed by atoms with Crippen molar-refractivity contribution in [2.75, 3.05) is 13.1 Å². The Balaban J connectivity index is 1.07. The molecule has 0 aromatic heterocycles. The number of rotatable bonds is 5. The van der Waals surface area contributed by atoms with Gasteiger partial charge in [0.25, 0.3) is 0 Å². The van der Waals surface area contributed by atoms with E-state index in [9.17, 15) is 0 Å². The first-order valence-corrected chi connectivity index (χ1v) is 26.0. The molecule has 41 heavy (non-hydrogen) atoms. The molecule has 4 aliphatic carbocycles. The van der Waals surface area contributed by atoms with Gasteiger partial charge >= 0.3 is 245 Å². The van der Waals surface area contributed by atoms with E-state index in [4.69, 9.17) is 0 Å². The van der Waals surface area contributed by atoms with Gasteiger partial charge in [-0.2, -0.15) is 0 Å². The van der Waals surface area contributed by atoms with Crippen molar-refractivity contribution in [2.45, 2.75) is 167 Å². The molecular formula is C36H56FeN2P2. The van der Waals surface area contributed by atoms with Gasteiger partial charge in [0.1, 0.15) is 0 Å². The van der Waals surface area contributed by atoms with Gasteiger partial charge in [0.15, 0.2) is 0 Å². The van der Waals surface area contributed by atoms with Gasteiger partial charge in [0.05, 0.1) is 0 Å². The number of nitrogens with one attached hydrogen (secondary N) is 2. The molecular weight excluding hydrogens is 578 g/mol. The normalized spacial score (nSPS) is 83.4. The summed E-state index contributed by atoms with van der Waals surface area (Å²) >= 11 is 0. The van der Waals surface area contributed by atoms with Crippen LogP contribution in [-0.2, 0) is 6.51 Å². The SMILES string of the molecule is CC(C)(C)C(P)(C12CC3CC(CC(C3)C1)C2)[C]12[CH]3[CH]4[CH]5[C]1(C(P)(C1CCCCN1)C1CCCCN1)[Fe]45321678[CH]2[CH]1[CH]6[CH]7[CH]28. The molecule has 1 spiro atoms. The summed E-state index contributed by atoms with van der Waals surface area (Å²) in [5.74, 6) is 3.23. The predicted molar refractivity (Wildman–Crippen MR) is 172 cm³/mol. The zero-order valence-electron chi connectivity index (χ0n) is 25.9. The summed E-state index contributed by atoms with van der Waals surface area (Å²) in [7, 11) is 8.11. The average molecular weight is 635 g/mol. The topological polar surface area (TPSA) is 24.1 Å². The summed E-state index contributed by atoms with van der Waals surface area (Å²) in [5.41, 5.74) is 1.04.